The van der Waals surface area contributed by atoms with Gasteiger partial charge in [0, 0.05) is 19.3 Å². The van der Waals surface area contributed by atoms with Gasteiger partial charge in [-0.05, 0) is 70.6 Å². The van der Waals surface area contributed by atoms with Crippen molar-refractivity contribution in [3.05, 3.63) is 48.6 Å². The zero-order chi connectivity index (χ0) is 39.3. The van der Waals surface area contributed by atoms with Gasteiger partial charge in [-0.25, -0.2) is 4.79 Å². The molecular weight excluding hydrogens is 666 g/mol. The van der Waals surface area contributed by atoms with Crippen molar-refractivity contribution in [3.63, 3.8) is 0 Å². The molecule has 0 aliphatic heterocycles. The second-order valence-corrected chi connectivity index (χ2v) is 15.2. The first-order valence-corrected chi connectivity index (χ1v) is 21.2. The Labute approximate surface area is 325 Å². The summed E-state index contributed by atoms with van der Waals surface area (Å²) in [4.78, 5) is 36.9. The van der Waals surface area contributed by atoms with E-state index in [4.69, 9.17) is 14.2 Å². The van der Waals surface area contributed by atoms with Gasteiger partial charge >= 0.3 is 17.9 Å². The molecule has 0 aromatic heterocycles. The predicted molar refractivity (Wildman–Crippen MR) is 220 cm³/mol. The van der Waals surface area contributed by atoms with Gasteiger partial charge in [0.1, 0.15) is 6.61 Å². The summed E-state index contributed by atoms with van der Waals surface area (Å²) in [5, 5.41) is 9.60. The van der Waals surface area contributed by atoms with Gasteiger partial charge in [-0.15, -0.1) is 0 Å². The fourth-order valence-corrected chi connectivity index (χ4v) is 5.87. The van der Waals surface area contributed by atoms with Gasteiger partial charge in [-0.3, -0.25) is 9.59 Å². The van der Waals surface area contributed by atoms with Gasteiger partial charge in [-0.2, -0.15) is 0 Å². The van der Waals surface area contributed by atoms with E-state index in [2.05, 4.69) is 62.5 Å². The number of carboxylic acid groups (broad SMARTS) is 1. The van der Waals surface area contributed by atoms with Crippen LogP contribution in [-0.4, -0.2) is 80.6 Å². The van der Waals surface area contributed by atoms with Crippen LogP contribution in [0.4, 0.5) is 0 Å². The summed E-state index contributed by atoms with van der Waals surface area (Å²) in [7, 11) is 5.50. The minimum Gasteiger partial charge on any atom is -0.477 e. The van der Waals surface area contributed by atoms with Gasteiger partial charge in [0.15, 0.2) is 12.1 Å². The number of carboxylic acids is 1. The lowest BCUT2D eigenvalue weighted by atomic mass is 10.1. The topological polar surface area (TPSA) is 99.1 Å². The Hall–Kier alpha value is -2.71. The summed E-state index contributed by atoms with van der Waals surface area (Å²) < 4.78 is 17.2. The number of carbonyl (C=O) groups excluding carboxylic acids is 2. The average Bonchev–Trinajstić information content (AvgIpc) is 3.11. The highest BCUT2D eigenvalue weighted by Crippen LogP contribution is 2.12. The zero-order valence-electron chi connectivity index (χ0n) is 34.7. The van der Waals surface area contributed by atoms with E-state index in [0.717, 1.165) is 51.4 Å². The van der Waals surface area contributed by atoms with Crippen molar-refractivity contribution in [2.24, 2.45) is 0 Å². The van der Waals surface area contributed by atoms with Crippen LogP contribution in [0.5, 0.6) is 0 Å². The molecule has 2 unspecified atom stereocenters. The molecule has 0 saturated heterocycles. The molecule has 0 heterocycles. The lowest BCUT2D eigenvalue weighted by molar-refractivity contribution is -0.887. The van der Waals surface area contributed by atoms with Crippen molar-refractivity contribution in [1.82, 2.24) is 0 Å². The SMILES string of the molecule is CCCCC/C=C/CCCCCCCC(=O)OCC(COCCC(C(=O)O)[N+](C)(C)C)OC(=O)CCC/C=C/C/C=C/C/C=C/CCCCCCCC. The fourth-order valence-electron chi connectivity index (χ4n) is 5.87. The lowest BCUT2D eigenvalue weighted by Crippen LogP contribution is -2.50. The summed E-state index contributed by atoms with van der Waals surface area (Å²) in [6.45, 7) is 4.63. The summed E-state index contributed by atoms with van der Waals surface area (Å²) in [5.74, 6) is -1.55. The fraction of sp³-hybridized carbons (Fsp3) is 0.756. The van der Waals surface area contributed by atoms with Crippen LogP contribution < -0.4 is 0 Å². The van der Waals surface area contributed by atoms with Crippen LogP contribution in [0.3, 0.4) is 0 Å². The maximum absolute atomic E-state index is 12.7. The zero-order valence-corrected chi connectivity index (χ0v) is 34.7. The van der Waals surface area contributed by atoms with Crippen LogP contribution in [0.15, 0.2) is 48.6 Å². The number of hydrogen-bond acceptors (Lipinski definition) is 6. The molecule has 1 N–H and O–H groups in total. The molecule has 0 aromatic carbocycles. The van der Waals surface area contributed by atoms with Crippen LogP contribution in [-0.2, 0) is 28.6 Å². The number of nitrogens with zero attached hydrogens (tertiary/aromatic N) is 1. The molecule has 0 rings (SSSR count). The summed E-state index contributed by atoms with van der Waals surface area (Å²) in [6, 6.07) is -0.624. The number of allylic oxidation sites excluding steroid dienone is 8. The van der Waals surface area contributed by atoms with Crippen LogP contribution in [0.2, 0.25) is 0 Å². The Bertz CT molecular complexity index is 1010. The molecule has 53 heavy (non-hydrogen) atoms. The second-order valence-electron chi connectivity index (χ2n) is 15.2. The number of hydrogen-bond donors (Lipinski definition) is 1. The molecule has 8 nitrogen and oxygen atoms in total. The molecule has 8 heteroatoms. The number of unbranched alkanes of at least 4 members (excludes halogenated alkanes) is 15. The first kappa shape index (κ1) is 50.3. The quantitative estimate of drug-likeness (QED) is 0.0292. The monoisotopic (exact) mass is 747 g/mol. The lowest BCUT2D eigenvalue weighted by Gasteiger charge is -2.31. The van der Waals surface area contributed by atoms with Gasteiger partial charge in [0.25, 0.3) is 0 Å². The molecule has 0 aliphatic carbocycles. The minimum atomic E-state index is -0.885. The molecule has 0 aromatic rings. The maximum atomic E-state index is 12.7. The van der Waals surface area contributed by atoms with E-state index in [1.807, 2.05) is 21.1 Å². The third-order valence-corrected chi connectivity index (χ3v) is 9.20. The molecule has 306 valence electrons. The molecule has 0 aliphatic rings. The minimum absolute atomic E-state index is 0.0377. The molecule has 2 atom stereocenters. The van der Waals surface area contributed by atoms with E-state index < -0.39 is 18.1 Å². The van der Waals surface area contributed by atoms with E-state index >= 15 is 0 Å². The highest BCUT2D eigenvalue weighted by atomic mass is 16.6. The second kappa shape index (κ2) is 36.3. The molecule has 0 radical (unpaired) electrons. The van der Waals surface area contributed by atoms with Crippen LogP contribution in [0, 0.1) is 0 Å². The van der Waals surface area contributed by atoms with E-state index in [9.17, 15) is 19.5 Å². The van der Waals surface area contributed by atoms with Crippen molar-refractivity contribution >= 4 is 17.9 Å². The van der Waals surface area contributed by atoms with E-state index in [-0.39, 0.29) is 42.7 Å². The van der Waals surface area contributed by atoms with Crippen molar-refractivity contribution in [3.8, 4) is 0 Å². The number of aliphatic carboxylic acids is 1. The number of esters is 2. The normalized spacial score (nSPS) is 13.5. The van der Waals surface area contributed by atoms with Gasteiger partial charge in [0.05, 0.1) is 34.4 Å². The molecular formula is C45H80NO7+. The Morgan fingerprint density at radius 1 is 0.566 bits per heavy atom. The number of rotatable bonds is 37. The van der Waals surface area contributed by atoms with E-state index in [0.29, 0.717) is 19.3 Å². The molecule has 0 saturated carbocycles. The van der Waals surface area contributed by atoms with Gasteiger partial charge < -0.3 is 23.8 Å². The molecule has 0 bridgehead atoms. The Morgan fingerprint density at radius 3 is 1.58 bits per heavy atom. The average molecular weight is 747 g/mol. The number of ether oxygens (including phenoxy) is 3. The van der Waals surface area contributed by atoms with E-state index in [1.165, 1.54) is 77.0 Å². The largest absolute Gasteiger partial charge is 0.477 e. The Balaban J connectivity index is 4.48. The van der Waals surface area contributed by atoms with Crippen LogP contribution in [0.1, 0.15) is 168 Å². The molecule has 0 spiro atoms. The van der Waals surface area contributed by atoms with Gasteiger partial charge in [0.2, 0.25) is 0 Å². The highest BCUT2D eigenvalue weighted by Gasteiger charge is 2.31. The van der Waals surface area contributed by atoms with Crippen LogP contribution in [0.25, 0.3) is 0 Å². The van der Waals surface area contributed by atoms with Crippen molar-refractivity contribution in [1.29, 1.82) is 0 Å². The first-order chi connectivity index (χ1) is 25.6. The third-order valence-electron chi connectivity index (χ3n) is 9.20. The summed E-state index contributed by atoms with van der Waals surface area (Å²) in [6.07, 6.45) is 41.6. The molecule has 0 amide bonds. The van der Waals surface area contributed by atoms with Gasteiger partial charge in [-0.1, -0.05) is 127 Å². The first-order valence-electron chi connectivity index (χ1n) is 21.2. The third kappa shape index (κ3) is 34.8. The van der Waals surface area contributed by atoms with Crippen molar-refractivity contribution in [2.75, 3.05) is 41.0 Å². The van der Waals surface area contributed by atoms with Crippen molar-refractivity contribution < 1.29 is 38.2 Å². The van der Waals surface area contributed by atoms with Crippen LogP contribution >= 0.6 is 0 Å². The molecule has 0 fully saturated rings. The maximum Gasteiger partial charge on any atom is 0.362 e. The van der Waals surface area contributed by atoms with Crippen molar-refractivity contribution in [2.45, 2.75) is 180 Å². The summed E-state index contributed by atoms with van der Waals surface area (Å²) in [5.41, 5.74) is 0. The predicted octanol–water partition coefficient (Wildman–Crippen LogP) is 11.2. The number of quaternary nitrogens is 1. The Kier molecular flexibility index (Phi) is 34.4. The smallest absolute Gasteiger partial charge is 0.362 e. The highest BCUT2D eigenvalue weighted by molar-refractivity contribution is 5.72. The number of likely N-dealkylation sites (N-methyl/N-ethyl adjacent to an activating group) is 1. The standard InChI is InChI=1S/C45H79NO7/c1-6-8-10-12-14-16-18-20-21-22-23-24-26-28-30-32-34-36-44(48)53-41(39-51-38-37-42(45(49)50)46(3,4)5)40-52-43(47)35-33-31-29-27-25-19-17-15-13-11-9-7-2/h15,17,20-21,23-24,28,30,41-42H,6-14,16,18-19,22,25-27,29,31-40H2,1-5H3/p+1/b17-15+,21-20+,24-23+,30-28+. The number of carbonyl (C=O) groups is 3. The van der Waals surface area contributed by atoms with E-state index in [1.54, 1.807) is 0 Å². The summed E-state index contributed by atoms with van der Waals surface area (Å²) >= 11 is 0. The Morgan fingerprint density at radius 2 is 1.02 bits per heavy atom.